The van der Waals surface area contributed by atoms with Gasteiger partial charge < -0.3 is 14.6 Å². The molecular formula is C16H22N2O2. The van der Waals surface area contributed by atoms with E-state index in [9.17, 15) is 0 Å². The largest absolute Gasteiger partial charge is 0.383 e. The van der Waals surface area contributed by atoms with Crippen LogP contribution in [0.25, 0.3) is 11.3 Å². The number of aromatic nitrogens is 1. The Balaban J connectivity index is 1.97. The molecule has 0 radical (unpaired) electrons. The summed E-state index contributed by atoms with van der Waals surface area (Å²) < 4.78 is 10.4. The maximum absolute atomic E-state index is 5.39. The molecule has 0 atom stereocenters. The van der Waals surface area contributed by atoms with Crippen molar-refractivity contribution < 1.29 is 9.26 Å². The first-order chi connectivity index (χ1) is 9.70. The standard InChI is InChI=1S/C16H22N2O2/c1-12(2)13-4-6-14(7-5-13)16-10-15(18-20-16)11-17-8-9-19-3/h4-7,10,12,17H,8-9,11H2,1-3H3. The van der Waals surface area contributed by atoms with Crippen molar-refractivity contribution in [2.75, 3.05) is 20.3 Å². The molecule has 4 nitrogen and oxygen atoms in total. The van der Waals surface area contributed by atoms with Crippen LogP contribution in [0.1, 0.15) is 31.0 Å². The van der Waals surface area contributed by atoms with Gasteiger partial charge >= 0.3 is 0 Å². The third-order valence-corrected chi connectivity index (χ3v) is 3.21. The second kappa shape index (κ2) is 7.22. The van der Waals surface area contributed by atoms with Crippen molar-refractivity contribution in [3.8, 4) is 11.3 Å². The maximum Gasteiger partial charge on any atom is 0.167 e. The minimum absolute atomic E-state index is 0.541. The van der Waals surface area contributed by atoms with E-state index in [2.05, 4.69) is 48.6 Å². The first-order valence-corrected chi connectivity index (χ1v) is 6.96. The molecule has 0 saturated carbocycles. The van der Waals surface area contributed by atoms with E-state index in [1.165, 1.54) is 5.56 Å². The van der Waals surface area contributed by atoms with E-state index >= 15 is 0 Å². The normalized spacial score (nSPS) is 11.2. The number of nitrogens with one attached hydrogen (secondary N) is 1. The predicted octanol–water partition coefficient (Wildman–Crippen LogP) is 3.20. The number of hydrogen-bond acceptors (Lipinski definition) is 4. The summed E-state index contributed by atoms with van der Waals surface area (Å²) in [7, 11) is 1.69. The molecule has 0 aliphatic carbocycles. The van der Waals surface area contributed by atoms with E-state index < -0.39 is 0 Å². The van der Waals surface area contributed by atoms with Gasteiger partial charge in [-0.3, -0.25) is 0 Å². The Morgan fingerprint density at radius 1 is 1.25 bits per heavy atom. The van der Waals surface area contributed by atoms with E-state index in [1.807, 2.05) is 6.07 Å². The molecule has 2 rings (SSSR count). The summed E-state index contributed by atoms with van der Waals surface area (Å²) in [6.45, 7) is 6.57. The van der Waals surface area contributed by atoms with Crippen LogP contribution < -0.4 is 5.32 Å². The Labute approximate surface area is 120 Å². The number of benzene rings is 1. The molecule has 108 valence electrons. The summed E-state index contributed by atoms with van der Waals surface area (Å²) in [4.78, 5) is 0. The minimum atomic E-state index is 0.541. The van der Waals surface area contributed by atoms with Crippen LogP contribution in [0.2, 0.25) is 0 Å². The molecule has 0 spiro atoms. The fraction of sp³-hybridized carbons (Fsp3) is 0.438. The van der Waals surface area contributed by atoms with Crippen molar-refractivity contribution in [3.63, 3.8) is 0 Å². The van der Waals surface area contributed by atoms with Crippen LogP contribution in [0.4, 0.5) is 0 Å². The lowest BCUT2D eigenvalue weighted by atomic mass is 10.0. The summed E-state index contributed by atoms with van der Waals surface area (Å²) in [5.41, 5.74) is 3.30. The monoisotopic (exact) mass is 274 g/mol. The highest BCUT2D eigenvalue weighted by Gasteiger charge is 2.07. The smallest absolute Gasteiger partial charge is 0.167 e. The van der Waals surface area contributed by atoms with Gasteiger partial charge in [-0.2, -0.15) is 0 Å². The molecule has 0 saturated heterocycles. The van der Waals surface area contributed by atoms with Gasteiger partial charge in [0, 0.05) is 31.8 Å². The SMILES string of the molecule is COCCNCc1cc(-c2ccc(C(C)C)cc2)on1. The highest BCUT2D eigenvalue weighted by atomic mass is 16.5. The number of rotatable bonds is 7. The minimum Gasteiger partial charge on any atom is -0.383 e. The van der Waals surface area contributed by atoms with Crippen molar-refractivity contribution in [3.05, 3.63) is 41.6 Å². The van der Waals surface area contributed by atoms with Crippen LogP contribution in [-0.2, 0) is 11.3 Å². The summed E-state index contributed by atoms with van der Waals surface area (Å²) in [5, 5.41) is 7.31. The summed E-state index contributed by atoms with van der Waals surface area (Å²) in [6, 6.07) is 10.4. The lowest BCUT2D eigenvalue weighted by Crippen LogP contribution is -2.18. The predicted molar refractivity (Wildman–Crippen MR) is 79.6 cm³/mol. The van der Waals surface area contributed by atoms with Crippen molar-refractivity contribution >= 4 is 0 Å². The summed E-state index contributed by atoms with van der Waals surface area (Å²) in [5.74, 6) is 1.35. The molecule has 1 aromatic carbocycles. The number of ether oxygens (including phenoxy) is 1. The average molecular weight is 274 g/mol. The fourth-order valence-corrected chi connectivity index (χ4v) is 1.95. The third kappa shape index (κ3) is 3.92. The van der Waals surface area contributed by atoms with Crippen LogP contribution in [0.15, 0.2) is 34.9 Å². The van der Waals surface area contributed by atoms with E-state index in [0.717, 1.165) is 23.6 Å². The van der Waals surface area contributed by atoms with Gasteiger partial charge in [-0.15, -0.1) is 0 Å². The summed E-state index contributed by atoms with van der Waals surface area (Å²) >= 11 is 0. The summed E-state index contributed by atoms with van der Waals surface area (Å²) in [6.07, 6.45) is 0. The van der Waals surface area contributed by atoms with Crippen molar-refractivity contribution in [2.45, 2.75) is 26.3 Å². The first kappa shape index (κ1) is 14.8. The fourth-order valence-electron chi connectivity index (χ4n) is 1.95. The van der Waals surface area contributed by atoms with E-state index in [4.69, 9.17) is 9.26 Å². The number of nitrogens with zero attached hydrogens (tertiary/aromatic N) is 1. The highest BCUT2D eigenvalue weighted by molar-refractivity contribution is 5.57. The molecular weight excluding hydrogens is 252 g/mol. The molecule has 20 heavy (non-hydrogen) atoms. The molecule has 0 unspecified atom stereocenters. The van der Waals surface area contributed by atoms with E-state index in [1.54, 1.807) is 7.11 Å². The van der Waals surface area contributed by atoms with Crippen molar-refractivity contribution in [2.24, 2.45) is 0 Å². The van der Waals surface area contributed by atoms with Crippen LogP contribution in [0, 0.1) is 0 Å². The van der Waals surface area contributed by atoms with E-state index in [-0.39, 0.29) is 0 Å². The molecule has 0 bridgehead atoms. The molecule has 4 heteroatoms. The van der Waals surface area contributed by atoms with Crippen LogP contribution in [0.5, 0.6) is 0 Å². The van der Waals surface area contributed by atoms with Gasteiger partial charge in [0.15, 0.2) is 5.76 Å². The maximum atomic E-state index is 5.39. The number of methoxy groups -OCH3 is 1. The van der Waals surface area contributed by atoms with E-state index in [0.29, 0.717) is 19.1 Å². The van der Waals surface area contributed by atoms with Gasteiger partial charge in [0.1, 0.15) is 0 Å². The second-order valence-electron chi connectivity index (χ2n) is 5.13. The highest BCUT2D eigenvalue weighted by Crippen LogP contribution is 2.23. The molecule has 0 fully saturated rings. The van der Waals surface area contributed by atoms with Gasteiger partial charge in [-0.05, 0) is 11.5 Å². The van der Waals surface area contributed by atoms with Gasteiger partial charge in [0.2, 0.25) is 0 Å². The molecule has 1 aromatic heterocycles. The Morgan fingerprint density at radius 2 is 2.00 bits per heavy atom. The molecule has 1 heterocycles. The lowest BCUT2D eigenvalue weighted by molar-refractivity contribution is 0.199. The zero-order valence-electron chi connectivity index (χ0n) is 12.3. The van der Waals surface area contributed by atoms with Gasteiger partial charge in [0.05, 0.1) is 12.3 Å². The average Bonchev–Trinajstić information content (AvgIpc) is 2.92. The topological polar surface area (TPSA) is 47.3 Å². The molecule has 1 N–H and O–H groups in total. The quantitative estimate of drug-likeness (QED) is 0.788. The zero-order valence-corrected chi connectivity index (χ0v) is 12.3. The molecule has 0 amide bonds. The van der Waals surface area contributed by atoms with Crippen molar-refractivity contribution in [1.29, 1.82) is 0 Å². The third-order valence-electron chi connectivity index (χ3n) is 3.21. The van der Waals surface area contributed by atoms with Crippen LogP contribution in [-0.4, -0.2) is 25.4 Å². The van der Waals surface area contributed by atoms with Gasteiger partial charge in [-0.1, -0.05) is 43.3 Å². The number of hydrogen-bond donors (Lipinski definition) is 1. The molecule has 2 aromatic rings. The Kier molecular flexibility index (Phi) is 5.32. The Bertz CT molecular complexity index is 518. The first-order valence-electron chi connectivity index (χ1n) is 6.96. The Morgan fingerprint density at radius 3 is 2.65 bits per heavy atom. The van der Waals surface area contributed by atoms with Gasteiger partial charge in [0.25, 0.3) is 0 Å². The second-order valence-corrected chi connectivity index (χ2v) is 5.13. The lowest BCUT2D eigenvalue weighted by Gasteiger charge is -2.04. The van der Waals surface area contributed by atoms with Crippen LogP contribution in [0.3, 0.4) is 0 Å². The zero-order chi connectivity index (χ0) is 14.4. The Hall–Kier alpha value is -1.65. The van der Waals surface area contributed by atoms with Crippen molar-refractivity contribution in [1.82, 2.24) is 10.5 Å². The molecule has 0 aliphatic rings. The van der Waals surface area contributed by atoms with Crippen LogP contribution >= 0.6 is 0 Å². The van der Waals surface area contributed by atoms with Gasteiger partial charge in [-0.25, -0.2) is 0 Å². The molecule has 0 aliphatic heterocycles.